The molecule has 92 valence electrons. The van der Waals surface area contributed by atoms with Gasteiger partial charge in [-0.05, 0) is 11.8 Å². The molecule has 0 saturated heterocycles. The summed E-state index contributed by atoms with van der Waals surface area (Å²) in [4.78, 5) is 14.4. The molecule has 0 amide bonds. The number of nitrogens with zero attached hydrogens (tertiary/aromatic N) is 2. The maximum atomic E-state index is 10.7. The van der Waals surface area contributed by atoms with Gasteiger partial charge >= 0.3 is 0 Å². The second-order valence-corrected chi connectivity index (χ2v) is 4.89. The first kappa shape index (κ1) is 11.6. The first-order valence-electron chi connectivity index (χ1n) is 5.32. The number of hydrogen-bond donors (Lipinski definition) is 3. The van der Waals surface area contributed by atoms with E-state index in [0.717, 1.165) is 6.42 Å². The Balaban J connectivity index is 2.21. The number of hydrazine groups is 1. The average Bonchev–Trinajstić information content (AvgIpc) is 2.85. The maximum Gasteiger partial charge on any atom is 0.276 e. The lowest BCUT2D eigenvalue weighted by Crippen LogP contribution is -2.13. The van der Waals surface area contributed by atoms with Gasteiger partial charge in [-0.3, -0.25) is 10.1 Å². The summed E-state index contributed by atoms with van der Waals surface area (Å²) in [6.45, 7) is 4.26. The summed E-state index contributed by atoms with van der Waals surface area (Å²) < 4.78 is 0. The highest BCUT2D eigenvalue weighted by atomic mass is 16.6. The van der Waals surface area contributed by atoms with Crippen molar-refractivity contribution in [3.05, 3.63) is 22.2 Å². The molecule has 1 aromatic heterocycles. The first-order chi connectivity index (χ1) is 7.92. The fourth-order valence-corrected chi connectivity index (χ4v) is 1.66. The van der Waals surface area contributed by atoms with E-state index in [4.69, 9.17) is 5.84 Å². The number of pyridine rings is 1. The molecule has 0 aliphatic heterocycles. The molecule has 1 aliphatic carbocycles. The van der Waals surface area contributed by atoms with Crippen molar-refractivity contribution in [2.75, 3.05) is 10.7 Å². The second-order valence-electron chi connectivity index (χ2n) is 4.89. The summed E-state index contributed by atoms with van der Waals surface area (Å²) in [5.74, 6) is 5.98. The quantitative estimate of drug-likeness (QED) is 0.416. The van der Waals surface area contributed by atoms with E-state index in [1.54, 1.807) is 0 Å². The predicted molar refractivity (Wildman–Crippen MR) is 64.5 cm³/mol. The van der Waals surface area contributed by atoms with Crippen LogP contribution in [0.3, 0.4) is 0 Å². The van der Waals surface area contributed by atoms with Gasteiger partial charge in [0.25, 0.3) is 5.69 Å². The molecule has 7 nitrogen and oxygen atoms in total. The molecule has 2 rings (SSSR count). The minimum atomic E-state index is -0.467. The van der Waals surface area contributed by atoms with E-state index in [1.807, 2.05) is 0 Å². The topological polar surface area (TPSA) is 106 Å². The third-order valence-corrected chi connectivity index (χ3v) is 3.00. The van der Waals surface area contributed by atoms with Gasteiger partial charge < -0.3 is 10.7 Å². The van der Waals surface area contributed by atoms with E-state index in [2.05, 4.69) is 29.6 Å². The standard InChI is InChI=1S/C10H15N5O2/c1-10(2)5-7(10)12-8-3-6(15(16)17)4-9(13-8)14-11/h3-4,7H,5,11H2,1-2H3,(H2,12,13,14). The van der Waals surface area contributed by atoms with Crippen LogP contribution in [0.2, 0.25) is 0 Å². The van der Waals surface area contributed by atoms with E-state index < -0.39 is 4.92 Å². The van der Waals surface area contributed by atoms with Gasteiger partial charge in [0.15, 0.2) is 0 Å². The summed E-state index contributed by atoms with van der Waals surface area (Å²) in [5, 5.41) is 13.9. The molecule has 0 spiro atoms. The van der Waals surface area contributed by atoms with Crippen LogP contribution in [0.15, 0.2) is 12.1 Å². The van der Waals surface area contributed by atoms with Gasteiger partial charge in [-0.1, -0.05) is 13.8 Å². The van der Waals surface area contributed by atoms with Gasteiger partial charge in [-0.15, -0.1) is 0 Å². The van der Waals surface area contributed by atoms with Crippen molar-refractivity contribution >= 4 is 17.3 Å². The van der Waals surface area contributed by atoms with Crippen molar-refractivity contribution in [1.29, 1.82) is 0 Å². The summed E-state index contributed by atoms with van der Waals surface area (Å²) >= 11 is 0. The van der Waals surface area contributed by atoms with E-state index in [1.165, 1.54) is 12.1 Å². The fraction of sp³-hybridized carbons (Fsp3) is 0.500. The molecule has 1 heterocycles. The maximum absolute atomic E-state index is 10.7. The van der Waals surface area contributed by atoms with Crippen LogP contribution in [-0.2, 0) is 0 Å². The summed E-state index contributed by atoms with van der Waals surface area (Å²) in [6.07, 6.45) is 1.03. The molecule has 1 aromatic rings. The van der Waals surface area contributed by atoms with Crippen LogP contribution in [0.4, 0.5) is 17.3 Å². The lowest BCUT2D eigenvalue weighted by atomic mass is 10.2. The third-order valence-electron chi connectivity index (χ3n) is 3.00. The number of hydrogen-bond acceptors (Lipinski definition) is 6. The lowest BCUT2D eigenvalue weighted by Gasteiger charge is -2.08. The number of rotatable bonds is 4. The van der Waals surface area contributed by atoms with Gasteiger partial charge in [0.05, 0.1) is 17.1 Å². The van der Waals surface area contributed by atoms with Crippen molar-refractivity contribution in [1.82, 2.24) is 4.98 Å². The Hall–Kier alpha value is -1.89. The number of nitrogen functional groups attached to an aromatic ring is 1. The van der Waals surface area contributed by atoms with Gasteiger partial charge in [0.1, 0.15) is 11.6 Å². The second kappa shape index (κ2) is 3.85. The summed E-state index contributed by atoms with van der Waals surface area (Å²) in [7, 11) is 0. The van der Waals surface area contributed by atoms with Gasteiger partial charge in [-0.25, -0.2) is 10.8 Å². The number of aromatic nitrogens is 1. The van der Waals surface area contributed by atoms with Crippen LogP contribution in [-0.4, -0.2) is 15.9 Å². The minimum absolute atomic E-state index is 0.0334. The molecule has 0 bridgehead atoms. The van der Waals surface area contributed by atoms with Crippen molar-refractivity contribution in [2.45, 2.75) is 26.3 Å². The van der Waals surface area contributed by atoms with Crippen LogP contribution in [0.25, 0.3) is 0 Å². The van der Waals surface area contributed by atoms with Gasteiger partial charge in [0.2, 0.25) is 0 Å². The van der Waals surface area contributed by atoms with Crippen LogP contribution in [0, 0.1) is 15.5 Å². The Bertz CT molecular complexity index is 460. The predicted octanol–water partition coefficient (Wildman–Crippen LogP) is 1.49. The van der Waals surface area contributed by atoms with Crippen molar-refractivity contribution in [3.63, 3.8) is 0 Å². The first-order valence-corrected chi connectivity index (χ1v) is 5.32. The Kier molecular flexibility index (Phi) is 2.62. The lowest BCUT2D eigenvalue weighted by molar-refractivity contribution is -0.384. The van der Waals surface area contributed by atoms with Gasteiger partial charge in [0, 0.05) is 6.04 Å². The molecular formula is C10H15N5O2. The average molecular weight is 237 g/mol. The summed E-state index contributed by atoms with van der Waals surface area (Å²) in [6, 6.07) is 3.01. The molecule has 0 aromatic carbocycles. The molecule has 0 radical (unpaired) electrons. The molecular weight excluding hydrogens is 222 g/mol. The zero-order valence-corrected chi connectivity index (χ0v) is 9.73. The molecule has 1 saturated carbocycles. The molecule has 1 unspecified atom stereocenters. The van der Waals surface area contributed by atoms with Crippen LogP contribution >= 0.6 is 0 Å². The number of nitrogens with one attached hydrogen (secondary N) is 2. The van der Waals surface area contributed by atoms with E-state index in [0.29, 0.717) is 11.9 Å². The smallest absolute Gasteiger partial charge is 0.276 e. The van der Waals surface area contributed by atoms with Crippen LogP contribution < -0.4 is 16.6 Å². The largest absolute Gasteiger partial charge is 0.366 e. The highest BCUT2D eigenvalue weighted by Crippen LogP contribution is 2.46. The van der Waals surface area contributed by atoms with Gasteiger partial charge in [-0.2, -0.15) is 0 Å². The third kappa shape index (κ3) is 2.44. The highest BCUT2D eigenvalue weighted by molar-refractivity contribution is 5.55. The molecule has 4 N–H and O–H groups in total. The Morgan fingerprint density at radius 2 is 2.12 bits per heavy atom. The van der Waals surface area contributed by atoms with E-state index in [9.17, 15) is 10.1 Å². The van der Waals surface area contributed by atoms with E-state index in [-0.39, 0.29) is 16.9 Å². The molecule has 7 heteroatoms. The Labute approximate surface area is 98.5 Å². The Morgan fingerprint density at radius 3 is 2.59 bits per heavy atom. The molecule has 1 atom stereocenters. The number of anilines is 2. The Morgan fingerprint density at radius 1 is 1.53 bits per heavy atom. The SMILES string of the molecule is CC1(C)CC1Nc1cc([N+](=O)[O-])cc(NN)n1. The van der Waals surface area contributed by atoms with Crippen LogP contribution in [0.1, 0.15) is 20.3 Å². The summed E-state index contributed by atoms with van der Waals surface area (Å²) in [5.41, 5.74) is 2.51. The minimum Gasteiger partial charge on any atom is -0.366 e. The monoisotopic (exact) mass is 237 g/mol. The van der Waals surface area contributed by atoms with Crippen LogP contribution in [0.5, 0.6) is 0 Å². The number of nitrogens with two attached hydrogens (primary N) is 1. The zero-order chi connectivity index (χ0) is 12.6. The zero-order valence-electron chi connectivity index (χ0n) is 9.73. The highest BCUT2D eigenvalue weighted by Gasteiger charge is 2.45. The molecule has 17 heavy (non-hydrogen) atoms. The van der Waals surface area contributed by atoms with Crippen molar-refractivity contribution in [2.24, 2.45) is 11.3 Å². The van der Waals surface area contributed by atoms with E-state index >= 15 is 0 Å². The molecule has 1 fully saturated rings. The fourth-order valence-electron chi connectivity index (χ4n) is 1.66. The normalized spacial score (nSPS) is 20.8. The number of nitro groups is 1. The van der Waals surface area contributed by atoms with Crippen molar-refractivity contribution < 1.29 is 4.92 Å². The van der Waals surface area contributed by atoms with Crippen molar-refractivity contribution in [3.8, 4) is 0 Å². The molecule has 1 aliphatic rings.